The predicted molar refractivity (Wildman–Crippen MR) is 76.6 cm³/mol. The Bertz CT molecular complexity index is 653. The number of ketones is 1. The first-order valence-corrected chi connectivity index (χ1v) is 6.23. The van der Waals surface area contributed by atoms with E-state index in [1.807, 2.05) is 6.92 Å². The zero-order valence-electron chi connectivity index (χ0n) is 11.4. The summed E-state index contributed by atoms with van der Waals surface area (Å²) in [5.41, 5.74) is 8.03. The van der Waals surface area contributed by atoms with E-state index in [0.29, 0.717) is 16.8 Å². The van der Waals surface area contributed by atoms with Crippen LogP contribution in [0.1, 0.15) is 21.5 Å². The average molecular weight is 273 g/mol. The van der Waals surface area contributed by atoms with Gasteiger partial charge >= 0.3 is 0 Å². The monoisotopic (exact) mass is 273 g/mol. The number of benzene rings is 2. The highest BCUT2D eigenvalue weighted by Crippen LogP contribution is 2.22. The normalized spacial score (nSPS) is 10.3. The predicted octanol–water partition coefficient (Wildman–Crippen LogP) is 3.15. The number of anilines is 1. The molecule has 0 aliphatic rings. The molecule has 2 aromatic carbocycles. The maximum absolute atomic E-state index is 14.0. The summed E-state index contributed by atoms with van der Waals surface area (Å²) in [7, 11) is 1.40. The Hall–Kier alpha value is -2.36. The number of nitrogens with two attached hydrogens (primary N) is 1. The SMILES string of the molecule is COc1cccc(CC(=O)c2ccc(N)c(C)c2)c1F. The molecule has 0 bridgehead atoms. The summed E-state index contributed by atoms with van der Waals surface area (Å²) < 4.78 is 18.9. The van der Waals surface area contributed by atoms with E-state index in [1.54, 1.807) is 30.3 Å². The minimum absolute atomic E-state index is 0.00755. The fourth-order valence-corrected chi connectivity index (χ4v) is 1.97. The van der Waals surface area contributed by atoms with Gasteiger partial charge in [-0.25, -0.2) is 4.39 Å². The quantitative estimate of drug-likeness (QED) is 0.687. The lowest BCUT2D eigenvalue weighted by molar-refractivity contribution is 0.0991. The lowest BCUT2D eigenvalue weighted by Gasteiger charge is -2.08. The molecule has 0 unspecified atom stereocenters. The highest BCUT2D eigenvalue weighted by atomic mass is 19.1. The first-order valence-electron chi connectivity index (χ1n) is 6.23. The van der Waals surface area contributed by atoms with Crippen LogP contribution in [0.2, 0.25) is 0 Å². The number of hydrogen-bond acceptors (Lipinski definition) is 3. The zero-order chi connectivity index (χ0) is 14.7. The molecular weight excluding hydrogens is 257 g/mol. The smallest absolute Gasteiger partial charge is 0.168 e. The van der Waals surface area contributed by atoms with Crippen molar-refractivity contribution in [1.82, 2.24) is 0 Å². The molecule has 0 saturated heterocycles. The van der Waals surface area contributed by atoms with E-state index in [2.05, 4.69) is 0 Å². The summed E-state index contributed by atoms with van der Waals surface area (Å²) in [6.45, 7) is 1.83. The number of carbonyl (C=O) groups is 1. The van der Waals surface area contributed by atoms with Gasteiger partial charge in [-0.15, -0.1) is 0 Å². The van der Waals surface area contributed by atoms with Gasteiger partial charge in [0.15, 0.2) is 17.3 Å². The van der Waals surface area contributed by atoms with Crippen LogP contribution in [0.5, 0.6) is 5.75 Å². The second kappa shape index (κ2) is 5.74. The van der Waals surface area contributed by atoms with Gasteiger partial charge in [-0.3, -0.25) is 4.79 Å². The van der Waals surface area contributed by atoms with Gasteiger partial charge in [0.25, 0.3) is 0 Å². The third kappa shape index (κ3) is 2.79. The Labute approximate surface area is 117 Å². The molecule has 2 aromatic rings. The summed E-state index contributed by atoms with van der Waals surface area (Å²) in [6.07, 6.45) is -0.00755. The molecule has 20 heavy (non-hydrogen) atoms. The van der Waals surface area contributed by atoms with Gasteiger partial charge < -0.3 is 10.5 Å². The summed E-state index contributed by atoms with van der Waals surface area (Å²) in [5, 5.41) is 0. The Morgan fingerprint density at radius 3 is 2.70 bits per heavy atom. The molecule has 3 nitrogen and oxygen atoms in total. The highest BCUT2D eigenvalue weighted by molar-refractivity contribution is 5.98. The summed E-state index contributed by atoms with van der Waals surface area (Å²) >= 11 is 0. The van der Waals surface area contributed by atoms with Crippen molar-refractivity contribution in [2.75, 3.05) is 12.8 Å². The van der Waals surface area contributed by atoms with E-state index >= 15 is 0 Å². The van der Waals surface area contributed by atoms with E-state index in [-0.39, 0.29) is 18.0 Å². The maximum Gasteiger partial charge on any atom is 0.168 e. The number of hydrogen-bond donors (Lipinski definition) is 1. The topological polar surface area (TPSA) is 52.3 Å². The molecule has 0 aliphatic heterocycles. The van der Waals surface area contributed by atoms with Crippen LogP contribution < -0.4 is 10.5 Å². The van der Waals surface area contributed by atoms with E-state index < -0.39 is 5.82 Å². The van der Waals surface area contributed by atoms with Crippen molar-refractivity contribution >= 4 is 11.5 Å². The number of ether oxygens (including phenoxy) is 1. The molecular formula is C16H16FNO2. The number of Topliss-reactive ketones (excluding diaryl/α,β-unsaturated/α-hetero) is 1. The first-order chi connectivity index (χ1) is 9.52. The largest absolute Gasteiger partial charge is 0.494 e. The summed E-state index contributed by atoms with van der Waals surface area (Å²) in [6, 6.07) is 9.83. The number of methoxy groups -OCH3 is 1. The van der Waals surface area contributed by atoms with Gasteiger partial charge in [0.05, 0.1) is 7.11 Å². The lowest BCUT2D eigenvalue weighted by Crippen LogP contribution is -2.07. The fraction of sp³-hybridized carbons (Fsp3) is 0.188. The van der Waals surface area contributed by atoms with E-state index in [4.69, 9.17) is 10.5 Å². The number of halogens is 1. The van der Waals surface area contributed by atoms with Crippen LogP contribution in [-0.4, -0.2) is 12.9 Å². The molecule has 104 valence electrons. The number of aryl methyl sites for hydroxylation is 1. The zero-order valence-corrected chi connectivity index (χ0v) is 11.4. The van der Waals surface area contributed by atoms with Crippen LogP contribution in [0.4, 0.5) is 10.1 Å². The van der Waals surface area contributed by atoms with Crippen molar-refractivity contribution in [2.24, 2.45) is 0 Å². The molecule has 0 radical (unpaired) electrons. The van der Waals surface area contributed by atoms with Crippen LogP contribution in [0.15, 0.2) is 36.4 Å². The van der Waals surface area contributed by atoms with E-state index in [9.17, 15) is 9.18 Å². The Morgan fingerprint density at radius 2 is 2.05 bits per heavy atom. The third-order valence-corrected chi connectivity index (χ3v) is 3.21. The van der Waals surface area contributed by atoms with Crippen LogP contribution in [-0.2, 0) is 6.42 Å². The Morgan fingerprint density at radius 1 is 1.30 bits per heavy atom. The van der Waals surface area contributed by atoms with Gasteiger partial charge in [0.1, 0.15) is 0 Å². The summed E-state index contributed by atoms with van der Waals surface area (Å²) in [4.78, 5) is 12.2. The minimum Gasteiger partial charge on any atom is -0.494 e. The van der Waals surface area contributed by atoms with Gasteiger partial charge in [-0.1, -0.05) is 12.1 Å². The van der Waals surface area contributed by atoms with Crippen molar-refractivity contribution in [1.29, 1.82) is 0 Å². The maximum atomic E-state index is 14.0. The second-order valence-corrected chi connectivity index (χ2v) is 4.60. The van der Waals surface area contributed by atoms with Gasteiger partial charge in [-0.05, 0) is 42.3 Å². The molecule has 0 fully saturated rings. The molecule has 0 spiro atoms. The molecule has 2 N–H and O–H groups in total. The molecule has 0 heterocycles. The minimum atomic E-state index is -0.490. The number of carbonyl (C=O) groups excluding carboxylic acids is 1. The van der Waals surface area contributed by atoms with Crippen molar-refractivity contribution in [3.63, 3.8) is 0 Å². The van der Waals surface area contributed by atoms with Crippen molar-refractivity contribution < 1.29 is 13.9 Å². The van der Waals surface area contributed by atoms with Gasteiger partial charge in [0, 0.05) is 17.7 Å². The molecule has 0 atom stereocenters. The third-order valence-electron chi connectivity index (χ3n) is 3.21. The fourth-order valence-electron chi connectivity index (χ4n) is 1.97. The molecule has 2 rings (SSSR count). The summed E-state index contributed by atoms with van der Waals surface area (Å²) in [5.74, 6) is -0.500. The van der Waals surface area contributed by atoms with Crippen molar-refractivity contribution in [2.45, 2.75) is 13.3 Å². The molecule has 0 aliphatic carbocycles. The van der Waals surface area contributed by atoms with E-state index in [1.165, 1.54) is 13.2 Å². The van der Waals surface area contributed by atoms with Crippen LogP contribution >= 0.6 is 0 Å². The van der Waals surface area contributed by atoms with Crippen molar-refractivity contribution in [3.8, 4) is 5.75 Å². The standard InChI is InChI=1S/C16H16FNO2/c1-10-8-11(6-7-13(10)18)14(19)9-12-4-3-5-15(20-2)16(12)17/h3-8H,9,18H2,1-2H3. The number of rotatable bonds is 4. The Kier molecular flexibility index (Phi) is 4.03. The van der Waals surface area contributed by atoms with Crippen LogP contribution in [0.3, 0.4) is 0 Å². The van der Waals surface area contributed by atoms with Gasteiger partial charge in [0.2, 0.25) is 0 Å². The molecule has 0 aromatic heterocycles. The number of nitrogen functional groups attached to an aromatic ring is 1. The van der Waals surface area contributed by atoms with Gasteiger partial charge in [-0.2, -0.15) is 0 Å². The van der Waals surface area contributed by atoms with Crippen LogP contribution in [0, 0.1) is 12.7 Å². The second-order valence-electron chi connectivity index (χ2n) is 4.60. The lowest BCUT2D eigenvalue weighted by atomic mass is 10.0. The van der Waals surface area contributed by atoms with Crippen molar-refractivity contribution in [3.05, 3.63) is 58.9 Å². The highest BCUT2D eigenvalue weighted by Gasteiger charge is 2.14. The van der Waals surface area contributed by atoms with Crippen LogP contribution in [0.25, 0.3) is 0 Å². The molecule has 0 amide bonds. The Balaban J connectivity index is 2.25. The average Bonchev–Trinajstić information content (AvgIpc) is 2.44. The molecule has 4 heteroatoms. The first kappa shape index (κ1) is 14.1. The molecule has 0 saturated carbocycles. The van der Waals surface area contributed by atoms with E-state index in [0.717, 1.165) is 5.56 Å².